The van der Waals surface area contributed by atoms with Crippen molar-refractivity contribution in [1.82, 2.24) is 0 Å². The lowest BCUT2D eigenvalue weighted by atomic mass is 9.44. The van der Waals surface area contributed by atoms with Crippen LogP contribution in [0.15, 0.2) is 0 Å². The van der Waals surface area contributed by atoms with Gasteiger partial charge in [0, 0.05) is 0 Å². The lowest BCUT2D eigenvalue weighted by Gasteiger charge is -2.61. The fraction of sp³-hybridized carbons (Fsp3) is 0.964. The van der Waals surface area contributed by atoms with E-state index >= 15 is 0 Å². The van der Waals surface area contributed by atoms with E-state index in [4.69, 9.17) is 0 Å². The molecule has 0 radical (unpaired) electrons. The molecule has 4 aliphatic rings. The van der Waals surface area contributed by atoms with E-state index < -0.39 is 5.97 Å². The Hall–Kier alpha value is -0.530. The number of carbonyl (C=O) groups is 1. The summed E-state index contributed by atoms with van der Waals surface area (Å²) in [5, 5.41) is 9.61. The summed E-state index contributed by atoms with van der Waals surface area (Å²) in [5.41, 5.74) is 1.15. The standard InChI is InChI=1S/C28H48O2/c1-18(2)21(26(29)30)11-9-19(3)23-13-14-24-22-12-10-20-8-6-7-16-27(20,4)25(22)15-17-28(23,24)5/h18-25H,6-17H2,1-5H3,(H,29,30)/t19-,20?,21?,22+,23-,24+,25+,27+,28-/m1/s1. The number of aliphatic carboxylic acids is 1. The molecule has 4 fully saturated rings. The number of hydrogen-bond donors (Lipinski definition) is 1. The highest BCUT2D eigenvalue weighted by molar-refractivity contribution is 5.70. The van der Waals surface area contributed by atoms with Gasteiger partial charge in [0.15, 0.2) is 0 Å². The molecule has 0 heterocycles. The van der Waals surface area contributed by atoms with Crippen molar-refractivity contribution in [2.24, 2.45) is 58.2 Å². The summed E-state index contributed by atoms with van der Waals surface area (Å²) in [6.07, 6.45) is 16.6. The Morgan fingerprint density at radius 3 is 2.30 bits per heavy atom. The molecule has 2 unspecified atom stereocenters. The third-order valence-electron chi connectivity index (χ3n) is 11.4. The minimum Gasteiger partial charge on any atom is -0.481 e. The van der Waals surface area contributed by atoms with Crippen LogP contribution in [0, 0.1) is 58.2 Å². The smallest absolute Gasteiger partial charge is 0.306 e. The topological polar surface area (TPSA) is 37.3 Å². The maximum absolute atomic E-state index is 11.7. The van der Waals surface area contributed by atoms with Crippen LogP contribution in [-0.4, -0.2) is 11.1 Å². The molecule has 0 aliphatic heterocycles. The van der Waals surface area contributed by atoms with Crippen LogP contribution in [0.4, 0.5) is 0 Å². The van der Waals surface area contributed by atoms with Gasteiger partial charge >= 0.3 is 5.97 Å². The van der Waals surface area contributed by atoms with Gasteiger partial charge in [-0.2, -0.15) is 0 Å². The molecule has 0 aromatic heterocycles. The summed E-state index contributed by atoms with van der Waals surface area (Å²) in [6, 6.07) is 0. The molecule has 0 bridgehead atoms. The van der Waals surface area contributed by atoms with Crippen LogP contribution in [0.2, 0.25) is 0 Å². The lowest BCUT2D eigenvalue weighted by molar-refractivity contribution is -0.143. The molecule has 172 valence electrons. The predicted octanol–water partition coefficient (Wildman–Crippen LogP) is 7.81. The normalized spacial score (nSPS) is 45.3. The van der Waals surface area contributed by atoms with Crippen LogP contribution in [0.25, 0.3) is 0 Å². The van der Waals surface area contributed by atoms with Gasteiger partial charge in [0.05, 0.1) is 5.92 Å². The quantitative estimate of drug-likeness (QED) is 0.479. The summed E-state index contributed by atoms with van der Waals surface area (Å²) >= 11 is 0. The average Bonchev–Trinajstić information content (AvgIpc) is 3.04. The van der Waals surface area contributed by atoms with Gasteiger partial charge in [-0.25, -0.2) is 0 Å². The highest BCUT2D eigenvalue weighted by Crippen LogP contribution is 2.68. The van der Waals surface area contributed by atoms with Gasteiger partial charge in [-0.1, -0.05) is 47.5 Å². The molecular formula is C28H48O2. The summed E-state index contributed by atoms with van der Waals surface area (Å²) < 4.78 is 0. The van der Waals surface area contributed by atoms with Crippen molar-refractivity contribution in [3.05, 3.63) is 0 Å². The van der Waals surface area contributed by atoms with Crippen LogP contribution in [0.3, 0.4) is 0 Å². The Kier molecular flexibility index (Phi) is 6.37. The predicted molar refractivity (Wildman–Crippen MR) is 124 cm³/mol. The molecule has 0 amide bonds. The largest absolute Gasteiger partial charge is 0.481 e. The van der Waals surface area contributed by atoms with Crippen molar-refractivity contribution >= 4 is 5.97 Å². The van der Waals surface area contributed by atoms with Gasteiger partial charge in [0.25, 0.3) is 0 Å². The first-order valence-corrected chi connectivity index (χ1v) is 13.4. The third kappa shape index (κ3) is 3.66. The van der Waals surface area contributed by atoms with E-state index in [1.54, 1.807) is 0 Å². The van der Waals surface area contributed by atoms with Gasteiger partial charge < -0.3 is 5.11 Å². The lowest BCUT2D eigenvalue weighted by Crippen LogP contribution is -2.53. The first kappa shape index (κ1) is 22.7. The molecule has 9 atom stereocenters. The van der Waals surface area contributed by atoms with E-state index in [9.17, 15) is 9.90 Å². The van der Waals surface area contributed by atoms with E-state index in [1.807, 2.05) is 0 Å². The molecule has 30 heavy (non-hydrogen) atoms. The maximum Gasteiger partial charge on any atom is 0.306 e. The second kappa shape index (κ2) is 8.43. The van der Waals surface area contributed by atoms with Crippen molar-refractivity contribution in [3.8, 4) is 0 Å². The second-order valence-electron chi connectivity index (χ2n) is 12.9. The molecule has 2 heteroatoms. The van der Waals surface area contributed by atoms with Gasteiger partial charge in [-0.15, -0.1) is 0 Å². The minimum atomic E-state index is -0.592. The van der Waals surface area contributed by atoms with Crippen LogP contribution < -0.4 is 0 Å². The molecule has 0 saturated heterocycles. The van der Waals surface area contributed by atoms with Crippen LogP contribution in [0.1, 0.15) is 112 Å². The zero-order valence-corrected chi connectivity index (χ0v) is 20.5. The third-order valence-corrected chi connectivity index (χ3v) is 11.4. The van der Waals surface area contributed by atoms with Gasteiger partial charge in [0.2, 0.25) is 0 Å². The van der Waals surface area contributed by atoms with E-state index in [1.165, 1.54) is 64.2 Å². The van der Waals surface area contributed by atoms with Crippen molar-refractivity contribution in [2.75, 3.05) is 0 Å². The first-order chi connectivity index (χ1) is 14.2. The number of fused-ring (bicyclic) bond motifs is 5. The van der Waals surface area contributed by atoms with Crippen molar-refractivity contribution in [3.63, 3.8) is 0 Å². The first-order valence-electron chi connectivity index (χ1n) is 13.4. The number of carboxylic acids is 1. The fourth-order valence-electron chi connectivity index (χ4n) is 9.66. The maximum atomic E-state index is 11.7. The van der Waals surface area contributed by atoms with Gasteiger partial charge in [0.1, 0.15) is 0 Å². The Morgan fingerprint density at radius 1 is 0.867 bits per heavy atom. The van der Waals surface area contributed by atoms with Crippen LogP contribution in [-0.2, 0) is 4.79 Å². The van der Waals surface area contributed by atoms with Crippen molar-refractivity contribution in [2.45, 2.75) is 112 Å². The Labute approximate surface area is 186 Å². The summed E-state index contributed by atoms with van der Waals surface area (Å²) in [7, 11) is 0. The molecule has 4 aliphatic carbocycles. The van der Waals surface area contributed by atoms with E-state index in [2.05, 4.69) is 34.6 Å². The highest BCUT2D eigenvalue weighted by atomic mass is 16.4. The fourth-order valence-corrected chi connectivity index (χ4v) is 9.66. The summed E-state index contributed by atoms with van der Waals surface area (Å²) in [4.78, 5) is 11.7. The molecule has 4 saturated carbocycles. The monoisotopic (exact) mass is 416 g/mol. The number of carboxylic acid groups (broad SMARTS) is 1. The molecule has 4 rings (SSSR count). The Bertz CT molecular complexity index is 626. The zero-order chi connectivity index (χ0) is 21.7. The van der Waals surface area contributed by atoms with E-state index in [0.29, 0.717) is 16.7 Å². The average molecular weight is 417 g/mol. The molecule has 2 nitrogen and oxygen atoms in total. The van der Waals surface area contributed by atoms with E-state index in [0.717, 1.165) is 42.4 Å². The van der Waals surface area contributed by atoms with Gasteiger partial charge in [-0.3, -0.25) is 4.79 Å². The van der Waals surface area contributed by atoms with Crippen LogP contribution in [0.5, 0.6) is 0 Å². The zero-order valence-electron chi connectivity index (χ0n) is 20.5. The van der Waals surface area contributed by atoms with Gasteiger partial charge in [-0.05, 0) is 116 Å². The molecule has 0 spiro atoms. The Morgan fingerprint density at radius 2 is 1.60 bits per heavy atom. The van der Waals surface area contributed by atoms with Crippen molar-refractivity contribution in [1.29, 1.82) is 0 Å². The molecule has 1 N–H and O–H groups in total. The van der Waals surface area contributed by atoms with E-state index in [-0.39, 0.29) is 11.8 Å². The Balaban J connectivity index is 1.45. The number of rotatable bonds is 6. The molecule has 0 aromatic carbocycles. The summed E-state index contributed by atoms with van der Waals surface area (Å²) in [6.45, 7) is 11.9. The highest BCUT2D eigenvalue weighted by Gasteiger charge is 2.60. The van der Waals surface area contributed by atoms with Crippen LogP contribution >= 0.6 is 0 Å². The van der Waals surface area contributed by atoms with Crippen molar-refractivity contribution < 1.29 is 9.90 Å². The SMILES string of the molecule is CC(C)C(CC[C@@H](C)[C@H]1CC[C@H]2[C@@H]3CCC4CCCC[C@]4(C)[C@H]3CC[C@]12C)C(=O)O. The number of hydrogen-bond acceptors (Lipinski definition) is 1. The second-order valence-corrected chi connectivity index (χ2v) is 12.9. The molecule has 0 aromatic rings. The minimum absolute atomic E-state index is 0.172. The molecular weight excluding hydrogens is 368 g/mol. The summed E-state index contributed by atoms with van der Waals surface area (Å²) in [5.74, 6) is 4.86.